The third-order valence-electron chi connectivity index (χ3n) is 3.44. The molecule has 0 N–H and O–H groups in total. The van der Waals surface area contributed by atoms with Crippen molar-refractivity contribution in [3.8, 4) is 0 Å². The van der Waals surface area contributed by atoms with Crippen molar-refractivity contribution in [2.45, 2.75) is 6.10 Å². The van der Waals surface area contributed by atoms with Crippen LogP contribution in [0, 0.1) is 0 Å². The van der Waals surface area contributed by atoms with Crippen molar-refractivity contribution >= 4 is 10.8 Å². The van der Waals surface area contributed by atoms with Crippen LogP contribution in [0.25, 0.3) is 10.8 Å². The molecule has 19 heavy (non-hydrogen) atoms. The summed E-state index contributed by atoms with van der Waals surface area (Å²) in [5.41, 5.74) is 2.40. The number of benzene rings is 3. The van der Waals surface area contributed by atoms with E-state index in [1.807, 2.05) is 18.2 Å². The first-order chi connectivity index (χ1) is 9.40. The summed E-state index contributed by atoms with van der Waals surface area (Å²) < 4.78 is 5.73. The van der Waals surface area contributed by atoms with Crippen LogP contribution in [-0.4, -0.2) is 7.11 Å². The summed E-state index contributed by atoms with van der Waals surface area (Å²) >= 11 is 0. The predicted octanol–water partition coefficient (Wildman–Crippen LogP) is 4.58. The first kappa shape index (κ1) is 11.9. The molecule has 1 nitrogen and oxygen atoms in total. The molecule has 0 saturated carbocycles. The van der Waals surface area contributed by atoms with Crippen molar-refractivity contribution in [2.24, 2.45) is 0 Å². The van der Waals surface area contributed by atoms with E-state index >= 15 is 0 Å². The minimum atomic E-state index is -0.0210. The average Bonchev–Trinajstić information content (AvgIpc) is 2.49. The SMILES string of the molecule is COC(c1ccccc1)c1cccc2ccccc12. The van der Waals surface area contributed by atoms with Gasteiger partial charge in [-0.2, -0.15) is 0 Å². The number of fused-ring (bicyclic) bond motifs is 1. The molecule has 0 aliphatic carbocycles. The van der Waals surface area contributed by atoms with E-state index in [1.165, 1.54) is 21.9 Å². The van der Waals surface area contributed by atoms with E-state index in [0.717, 1.165) is 0 Å². The molecule has 0 fully saturated rings. The maximum atomic E-state index is 5.73. The van der Waals surface area contributed by atoms with Crippen LogP contribution in [0.4, 0.5) is 0 Å². The van der Waals surface area contributed by atoms with Crippen LogP contribution >= 0.6 is 0 Å². The van der Waals surface area contributed by atoms with Gasteiger partial charge >= 0.3 is 0 Å². The number of hydrogen-bond acceptors (Lipinski definition) is 1. The molecule has 1 unspecified atom stereocenters. The van der Waals surface area contributed by atoms with Gasteiger partial charge in [-0.15, -0.1) is 0 Å². The summed E-state index contributed by atoms with van der Waals surface area (Å²) in [6.07, 6.45) is -0.0210. The lowest BCUT2D eigenvalue weighted by Gasteiger charge is -2.18. The number of methoxy groups -OCH3 is 1. The van der Waals surface area contributed by atoms with Crippen LogP contribution < -0.4 is 0 Å². The van der Waals surface area contributed by atoms with Gasteiger partial charge in [-0.1, -0.05) is 72.8 Å². The molecule has 0 radical (unpaired) electrons. The summed E-state index contributed by atoms with van der Waals surface area (Å²) in [5, 5.41) is 2.50. The number of hydrogen-bond donors (Lipinski definition) is 0. The minimum Gasteiger partial charge on any atom is -0.372 e. The quantitative estimate of drug-likeness (QED) is 0.659. The zero-order valence-electron chi connectivity index (χ0n) is 10.9. The highest BCUT2D eigenvalue weighted by atomic mass is 16.5. The molecule has 3 rings (SSSR count). The normalized spacial score (nSPS) is 12.5. The minimum absolute atomic E-state index is 0.0210. The Labute approximate surface area is 113 Å². The summed E-state index contributed by atoms with van der Waals surface area (Å²) in [4.78, 5) is 0. The van der Waals surface area contributed by atoms with Crippen molar-refractivity contribution in [3.05, 3.63) is 83.9 Å². The summed E-state index contributed by atoms with van der Waals surface area (Å²) in [5.74, 6) is 0. The lowest BCUT2D eigenvalue weighted by atomic mass is 9.96. The standard InChI is InChI=1S/C18H16O/c1-19-18(15-9-3-2-4-10-15)17-13-7-11-14-8-5-6-12-16(14)17/h2-13,18H,1H3. The second kappa shape index (κ2) is 5.25. The van der Waals surface area contributed by atoms with Gasteiger partial charge in [0.05, 0.1) is 0 Å². The van der Waals surface area contributed by atoms with Crippen LogP contribution in [0.15, 0.2) is 72.8 Å². The van der Waals surface area contributed by atoms with E-state index in [2.05, 4.69) is 54.6 Å². The Hall–Kier alpha value is -2.12. The van der Waals surface area contributed by atoms with Crippen molar-refractivity contribution < 1.29 is 4.74 Å². The van der Waals surface area contributed by atoms with Gasteiger partial charge in [0.2, 0.25) is 0 Å². The zero-order valence-corrected chi connectivity index (χ0v) is 10.9. The molecule has 1 heteroatoms. The van der Waals surface area contributed by atoms with E-state index in [9.17, 15) is 0 Å². The highest BCUT2D eigenvalue weighted by Crippen LogP contribution is 2.30. The van der Waals surface area contributed by atoms with Crippen molar-refractivity contribution in [1.82, 2.24) is 0 Å². The van der Waals surface area contributed by atoms with Crippen LogP contribution in [0.2, 0.25) is 0 Å². The smallest absolute Gasteiger partial charge is 0.108 e. The fourth-order valence-electron chi connectivity index (χ4n) is 2.55. The Morgan fingerprint density at radius 2 is 1.42 bits per heavy atom. The van der Waals surface area contributed by atoms with Crippen LogP contribution in [0.3, 0.4) is 0 Å². The van der Waals surface area contributed by atoms with Gasteiger partial charge < -0.3 is 4.74 Å². The molecule has 0 aromatic heterocycles. The molecular weight excluding hydrogens is 232 g/mol. The highest BCUT2D eigenvalue weighted by Gasteiger charge is 2.15. The number of rotatable bonds is 3. The molecule has 0 amide bonds. The summed E-state index contributed by atoms with van der Waals surface area (Å²) in [7, 11) is 1.76. The van der Waals surface area contributed by atoms with Gasteiger partial charge in [0.1, 0.15) is 6.10 Å². The highest BCUT2D eigenvalue weighted by molar-refractivity contribution is 5.86. The van der Waals surface area contributed by atoms with Crippen molar-refractivity contribution in [1.29, 1.82) is 0 Å². The molecule has 0 spiro atoms. The lowest BCUT2D eigenvalue weighted by molar-refractivity contribution is 0.137. The molecule has 1 atom stereocenters. The van der Waals surface area contributed by atoms with E-state index in [-0.39, 0.29) is 6.10 Å². The van der Waals surface area contributed by atoms with E-state index in [4.69, 9.17) is 4.74 Å². The predicted molar refractivity (Wildman–Crippen MR) is 79.2 cm³/mol. The fraction of sp³-hybridized carbons (Fsp3) is 0.111. The lowest BCUT2D eigenvalue weighted by Crippen LogP contribution is -2.03. The maximum absolute atomic E-state index is 5.73. The maximum Gasteiger partial charge on any atom is 0.108 e. The zero-order chi connectivity index (χ0) is 13.1. The first-order valence-electron chi connectivity index (χ1n) is 6.45. The van der Waals surface area contributed by atoms with Crippen molar-refractivity contribution in [2.75, 3.05) is 7.11 Å². The Kier molecular flexibility index (Phi) is 3.30. The Bertz CT molecular complexity index is 668. The molecule has 0 aliphatic heterocycles. The van der Waals surface area contributed by atoms with Gasteiger partial charge in [0, 0.05) is 7.11 Å². The third-order valence-corrected chi connectivity index (χ3v) is 3.44. The molecule has 3 aromatic carbocycles. The van der Waals surface area contributed by atoms with Crippen LogP contribution in [0.1, 0.15) is 17.2 Å². The Morgan fingerprint density at radius 1 is 0.737 bits per heavy atom. The summed E-state index contributed by atoms with van der Waals surface area (Å²) in [6, 6.07) is 25.1. The van der Waals surface area contributed by atoms with Gasteiger partial charge in [-0.05, 0) is 21.9 Å². The molecule has 94 valence electrons. The monoisotopic (exact) mass is 248 g/mol. The third kappa shape index (κ3) is 2.25. The number of ether oxygens (including phenoxy) is 1. The van der Waals surface area contributed by atoms with E-state index in [0.29, 0.717) is 0 Å². The summed E-state index contributed by atoms with van der Waals surface area (Å²) in [6.45, 7) is 0. The van der Waals surface area contributed by atoms with Gasteiger partial charge in [0.15, 0.2) is 0 Å². The van der Waals surface area contributed by atoms with Crippen LogP contribution in [0.5, 0.6) is 0 Å². The molecule has 0 bridgehead atoms. The molecule has 0 saturated heterocycles. The average molecular weight is 248 g/mol. The Balaban J connectivity index is 2.17. The molecule has 0 aliphatic rings. The van der Waals surface area contributed by atoms with E-state index in [1.54, 1.807) is 7.11 Å². The van der Waals surface area contributed by atoms with Gasteiger partial charge in [-0.3, -0.25) is 0 Å². The first-order valence-corrected chi connectivity index (χ1v) is 6.45. The Morgan fingerprint density at radius 3 is 2.21 bits per heavy atom. The molecule has 3 aromatic rings. The van der Waals surface area contributed by atoms with E-state index < -0.39 is 0 Å². The second-order valence-electron chi connectivity index (χ2n) is 4.59. The topological polar surface area (TPSA) is 9.23 Å². The largest absolute Gasteiger partial charge is 0.372 e. The second-order valence-corrected chi connectivity index (χ2v) is 4.59. The molecule has 0 heterocycles. The van der Waals surface area contributed by atoms with Gasteiger partial charge in [0.25, 0.3) is 0 Å². The molecular formula is C18H16O. The van der Waals surface area contributed by atoms with Crippen molar-refractivity contribution in [3.63, 3.8) is 0 Å². The van der Waals surface area contributed by atoms with Gasteiger partial charge in [-0.25, -0.2) is 0 Å². The fourth-order valence-corrected chi connectivity index (χ4v) is 2.55. The van der Waals surface area contributed by atoms with Crippen LogP contribution in [-0.2, 0) is 4.74 Å².